The summed E-state index contributed by atoms with van der Waals surface area (Å²) in [7, 11) is 0. The molecule has 2 aliphatic rings. The molecule has 2 N–H and O–H groups in total. The van der Waals surface area contributed by atoms with Crippen molar-refractivity contribution in [3.63, 3.8) is 0 Å². The highest BCUT2D eigenvalue weighted by Crippen LogP contribution is 2.23. The fourth-order valence-electron chi connectivity index (χ4n) is 3.45. The summed E-state index contributed by atoms with van der Waals surface area (Å²) in [6.45, 7) is 0.781. The molecule has 4 rings (SSSR count). The van der Waals surface area contributed by atoms with Crippen molar-refractivity contribution >= 4 is 17.6 Å². The van der Waals surface area contributed by atoms with Crippen LogP contribution in [-0.2, 0) is 0 Å². The summed E-state index contributed by atoms with van der Waals surface area (Å²) in [5, 5.41) is 5.36. The maximum absolute atomic E-state index is 13.8. The SMILES string of the molecule is O=C(NC1CC1)c1ccc(OCC2CCCN2C(=O)Nc2cc(F)ccc2F)cc1. The number of hydrogen-bond donors (Lipinski definition) is 2. The van der Waals surface area contributed by atoms with Gasteiger partial charge in [-0.2, -0.15) is 0 Å². The van der Waals surface area contributed by atoms with Crippen molar-refractivity contribution in [1.29, 1.82) is 0 Å². The summed E-state index contributed by atoms with van der Waals surface area (Å²) in [5.41, 5.74) is 0.389. The van der Waals surface area contributed by atoms with Crippen molar-refractivity contribution in [1.82, 2.24) is 10.2 Å². The third-order valence-corrected chi connectivity index (χ3v) is 5.28. The number of urea groups is 1. The van der Waals surface area contributed by atoms with Gasteiger partial charge in [0.25, 0.3) is 5.91 Å². The normalized spacial score (nSPS) is 18.2. The van der Waals surface area contributed by atoms with Gasteiger partial charge in [-0.1, -0.05) is 0 Å². The van der Waals surface area contributed by atoms with Crippen LogP contribution in [0, 0.1) is 11.6 Å². The number of anilines is 1. The van der Waals surface area contributed by atoms with Gasteiger partial charge >= 0.3 is 6.03 Å². The summed E-state index contributed by atoms with van der Waals surface area (Å²) >= 11 is 0. The monoisotopic (exact) mass is 415 g/mol. The fourth-order valence-corrected chi connectivity index (χ4v) is 3.45. The lowest BCUT2D eigenvalue weighted by Crippen LogP contribution is -2.41. The molecule has 1 aliphatic heterocycles. The molecule has 1 heterocycles. The third-order valence-electron chi connectivity index (χ3n) is 5.28. The third kappa shape index (κ3) is 4.87. The molecule has 0 bridgehead atoms. The molecule has 30 heavy (non-hydrogen) atoms. The first-order valence-corrected chi connectivity index (χ1v) is 10.1. The van der Waals surface area contributed by atoms with Gasteiger partial charge in [-0.15, -0.1) is 0 Å². The van der Waals surface area contributed by atoms with E-state index in [-0.39, 0.29) is 24.2 Å². The number of ether oxygens (including phenoxy) is 1. The summed E-state index contributed by atoms with van der Waals surface area (Å²) in [5.74, 6) is -0.807. The van der Waals surface area contributed by atoms with Crippen LogP contribution < -0.4 is 15.4 Å². The first kappa shape index (κ1) is 20.1. The number of benzene rings is 2. The second kappa shape index (κ2) is 8.69. The van der Waals surface area contributed by atoms with E-state index < -0.39 is 17.7 Å². The van der Waals surface area contributed by atoms with Crippen LogP contribution in [-0.4, -0.2) is 42.1 Å². The van der Waals surface area contributed by atoms with Crippen molar-refractivity contribution in [2.24, 2.45) is 0 Å². The van der Waals surface area contributed by atoms with E-state index in [1.807, 2.05) is 0 Å². The quantitative estimate of drug-likeness (QED) is 0.751. The minimum atomic E-state index is -0.692. The summed E-state index contributed by atoms with van der Waals surface area (Å²) in [6, 6.07) is 9.42. The lowest BCUT2D eigenvalue weighted by atomic mass is 10.2. The van der Waals surface area contributed by atoms with Crippen LogP contribution in [0.15, 0.2) is 42.5 Å². The predicted molar refractivity (Wildman–Crippen MR) is 108 cm³/mol. The topological polar surface area (TPSA) is 70.7 Å². The number of nitrogens with one attached hydrogen (secondary N) is 2. The minimum Gasteiger partial charge on any atom is -0.491 e. The summed E-state index contributed by atoms with van der Waals surface area (Å²) in [6.07, 6.45) is 3.61. The van der Waals surface area contributed by atoms with Gasteiger partial charge in [0.1, 0.15) is 24.0 Å². The van der Waals surface area contributed by atoms with Crippen LogP contribution in [0.2, 0.25) is 0 Å². The average Bonchev–Trinajstić information content (AvgIpc) is 3.42. The van der Waals surface area contributed by atoms with Crippen molar-refractivity contribution in [3.8, 4) is 5.75 Å². The molecule has 1 unspecified atom stereocenters. The lowest BCUT2D eigenvalue weighted by molar-refractivity contribution is 0.0951. The van der Waals surface area contributed by atoms with Gasteiger partial charge in [-0.05, 0) is 62.1 Å². The Kier molecular flexibility index (Phi) is 5.83. The van der Waals surface area contributed by atoms with Crippen molar-refractivity contribution in [3.05, 3.63) is 59.7 Å². The highest BCUT2D eigenvalue weighted by Gasteiger charge is 2.30. The second-order valence-corrected chi connectivity index (χ2v) is 7.63. The number of likely N-dealkylation sites (tertiary alicyclic amines) is 1. The van der Waals surface area contributed by atoms with E-state index in [9.17, 15) is 18.4 Å². The van der Waals surface area contributed by atoms with E-state index in [2.05, 4.69) is 10.6 Å². The molecule has 1 saturated carbocycles. The fraction of sp³-hybridized carbons (Fsp3) is 0.364. The zero-order valence-corrected chi connectivity index (χ0v) is 16.4. The maximum atomic E-state index is 13.8. The number of rotatable bonds is 6. The first-order valence-electron chi connectivity index (χ1n) is 10.1. The molecule has 0 radical (unpaired) electrons. The van der Waals surface area contributed by atoms with Crippen LogP contribution in [0.25, 0.3) is 0 Å². The van der Waals surface area contributed by atoms with E-state index in [1.54, 1.807) is 29.2 Å². The Morgan fingerprint density at radius 3 is 2.57 bits per heavy atom. The number of amides is 3. The standard InChI is InChI=1S/C22H23F2N3O3/c23-15-5-10-19(24)20(12-15)26-22(29)27-11-1-2-17(27)13-30-18-8-3-14(4-9-18)21(28)25-16-6-7-16/h3-5,8-10,12,16-17H,1-2,6-7,11,13H2,(H,25,28)(H,26,29). The smallest absolute Gasteiger partial charge is 0.322 e. The van der Waals surface area contributed by atoms with Gasteiger partial charge in [0.15, 0.2) is 0 Å². The van der Waals surface area contributed by atoms with Crippen molar-refractivity contribution in [2.45, 2.75) is 37.8 Å². The largest absolute Gasteiger partial charge is 0.491 e. The van der Waals surface area contributed by atoms with Crippen LogP contribution in [0.1, 0.15) is 36.0 Å². The highest BCUT2D eigenvalue weighted by molar-refractivity contribution is 5.94. The molecule has 1 saturated heterocycles. The van der Waals surface area contributed by atoms with E-state index in [0.29, 0.717) is 23.9 Å². The van der Waals surface area contributed by atoms with Crippen LogP contribution >= 0.6 is 0 Å². The van der Waals surface area contributed by atoms with Gasteiger partial charge < -0.3 is 20.3 Å². The molecular formula is C22H23F2N3O3. The van der Waals surface area contributed by atoms with Gasteiger partial charge in [0.05, 0.1) is 11.7 Å². The number of hydrogen-bond acceptors (Lipinski definition) is 3. The molecule has 8 heteroatoms. The molecule has 0 spiro atoms. The Morgan fingerprint density at radius 1 is 1.07 bits per heavy atom. The molecule has 2 aromatic rings. The number of halogens is 2. The van der Waals surface area contributed by atoms with Gasteiger partial charge in [0, 0.05) is 24.2 Å². The molecule has 1 aliphatic carbocycles. The zero-order valence-electron chi connectivity index (χ0n) is 16.4. The number of carbonyl (C=O) groups excluding carboxylic acids is 2. The van der Waals surface area contributed by atoms with E-state index in [0.717, 1.165) is 43.9 Å². The van der Waals surface area contributed by atoms with Crippen molar-refractivity contribution < 1.29 is 23.1 Å². The molecule has 2 aromatic carbocycles. The Bertz CT molecular complexity index is 932. The Balaban J connectivity index is 1.32. The zero-order chi connectivity index (χ0) is 21.1. The van der Waals surface area contributed by atoms with Gasteiger partial charge in [-0.25, -0.2) is 13.6 Å². The Morgan fingerprint density at radius 2 is 1.83 bits per heavy atom. The first-order chi connectivity index (χ1) is 14.5. The number of carbonyl (C=O) groups is 2. The highest BCUT2D eigenvalue weighted by atomic mass is 19.1. The summed E-state index contributed by atoms with van der Waals surface area (Å²) < 4.78 is 32.9. The van der Waals surface area contributed by atoms with Crippen molar-refractivity contribution in [2.75, 3.05) is 18.5 Å². The van der Waals surface area contributed by atoms with E-state index in [4.69, 9.17) is 4.74 Å². The molecule has 3 amide bonds. The molecule has 158 valence electrons. The number of nitrogens with zero attached hydrogens (tertiary/aromatic N) is 1. The minimum absolute atomic E-state index is 0.0905. The lowest BCUT2D eigenvalue weighted by Gasteiger charge is -2.25. The van der Waals surface area contributed by atoms with Crippen LogP contribution in [0.5, 0.6) is 5.75 Å². The molecule has 2 fully saturated rings. The molecule has 0 aromatic heterocycles. The van der Waals surface area contributed by atoms with E-state index in [1.165, 1.54) is 0 Å². The van der Waals surface area contributed by atoms with Gasteiger partial charge in [-0.3, -0.25) is 4.79 Å². The van der Waals surface area contributed by atoms with Gasteiger partial charge in [0.2, 0.25) is 0 Å². The Hall–Kier alpha value is -3.16. The van der Waals surface area contributed by atoms with Crippen LogP contribution in [0.3, 0.4) is 0 Å². The maximum Gasteiger partial charge on any atom is 0.322 e. The average molecular weight is 415 g/mol. The molecule has 6 nitrogen and oxygen atoms in total. The predicted octanol–water partition coefficient (Wildman–Crippen LogP) is 3.93. The van der Waals surface area contributed by atoms with Crippen LogP contribution in [0.4, 0.5) is 19.3 Å². The summed E-state index contributed by atoms with van der Waals surface area (Å²) in [4.78, 5) is 26.1. The molecular weight excluding hydrogens is 392 g/mol. The molecule has 1 atom stereocenters. The Labute approximate surface area is 173 Å². The second-order valence-electron chi connectivity index (χ2n) is 7.63. The van der Waals surface area contributed by atoms with E-state index >= 15 is 0 Å².